The van der Waals surface area contributed by atoms with Crippen LogP contribution in [0.2, 0.25) is 0 Å². The number of nitrogens with zero attached hydrogens (tertiary/aromatic N) is 1. The molecule has 5 heteroatoms. The number of nitrogens with one attached hydrogen (secondary N) is 1. The Kier molecular flexibility index (Phi) is 5.39. The summed E-state index contributed by atoms with van der Waals surface area (Å²) in [5, 5.41) is 11.5. The second kappa shape index (κ2) is 7.51. The molecule has 20 heavy (non-hydrogen) atoms. The molecule has 1 N–H and O–H groups in total. The Morgan fingerprint density at radius 2 is 2.05 bits per heavy atom. The Morgan fingerprint density at radius 1 is 1.35 bits per heavy atom. The third-order valence-electron chi connectivity index (χ3n) is 3.28. The summed E-state index contributed by atoms with van der Waals surface area (Å²) in [6.45, 7) is 2.23. The number of carbonyl (C=O) groups excluding carboxylic acids is 1. The largest absolute Gasteiger partial charge is 0.484 e. The first kappa shape index (κ1) is 14.4. The topological polar surface area (TPSA) is 71.3 Å². The maximum absolute atomic E-state index is 11.7. The van der Waals surface area contributed by atoms with Crippen molar-refractivity contribution in [2.24, 2.45) is 5.92 Å². The lowest BCUT2D eigenvalue weighted by atomic mass is 10.0. The van der Waals surface area contributed by atoms with Gasteiger partial charge in [0.25, 0.3) is 5.91 Å². The molecule has 106 valence electrons. The maximum Gasteiger partial charge on any atom is 0.257 e. The van der Waals surface area contributed by atoms with Gasteiger partial charge in [-0.1, -0.05) is 0 Å². The SMILES string of the molecule is N#Cc1ccc(OCC(=O)NCC2CCOCC2)cc1. The number of amides is 1. The zero-order chi connectivity index (χ0) is 14.2. The van der Waals surface area contributed by atoms with E-state index in [4.69, 9.17) is 14.7 Å². The van der Waals surface area contributed by atoms with E-state index >= 15 is 0 Å². The molecule has 1 aliphatic rings. The lowest BCUT2D eigenvalue weighted by Gasteiger charge is -2.22. The standard InChI is InChI=1S/C15H18N2O3/c16-9-12-1-3-14(4-2-12)20-11-15(18)17-10-13-5-7-19-8-6-13/h1-4,13H,5-8,10-11H2,(H,17,18). The number of hydrogen-bond acceptors (Lipinski definition) is 4. The summed E-state index contributed by atoms with van der Waals surface area (Å²) in [6.07, 6.45) is 1.99. The summed E-state index contributed by atoms with van der Waals surface area (Å²) in [6, 6.07) is 8.72. The first-order valence-electron chi connectivity index (χ1n) is 6.75. The van der Waals surface area contributed by atoms with Crippen molar-refractivity contribution in [3.63, 3.8) is 0 Å². The molecule has 5 nitrogen and oxygen atoms in total. The molecular weight excluding hydrogens is 256 g/mol. The van der Waals surface area contributed by atoms with Crippen LogP contribution in [0.3, 0.4) is 0 Å². The van der Waals surface area contributed by atoms with Gasteiger partial charge in [0.05, 0.1) is 11.6 Å². The Balaban J connectivity index is 1.67. The lowest BCUT2D eigenvalue weighted by molar-refractivity contribution is -0.123. The number of nitriles is 1. The van der Waals surface area contributed by atoms with Gasteiger partial charge in [0.1, 0.15) is 5.75 Å². The second-order valence-corrected chi connectivity index (χ2v) is 4.78. The number of hydrogen-bond donors (Lipinski definition) is 1. The van der Waals surface area contributed by atoms with Gasteiger partial charge in [-0.15, -0.1) is 0 Å². The molecular formula is C15H18N2O3. The van der Waals surface area contributed by atoms with Gasteiger partial charge in [0, 0.05) is 19.8 Å². The van der Waals surface area contributed by atoms with Crippen LogP contribution < -0.4 is 10.1 Å². The first-order valence-corrected chi connectivity index (χ1v) is 6.75. The summed E-state index contributed by atoms with van der Waals surface area (Å²) in [5.41, 5.74) is 0.571. The van der Waals surface area contributed by atoms with Crippen molar-refractivity contribution < 1.29 is 14.3 Å². The average Bonchev–Trinajstić information content (AvgIpc) is 2.52. The van der Waals surface area contributed by atoms with Crippen molar-refractivity contribution in [3.05, 3.63) is 29.8 Å². The number of carbonyl (C=O) groups is 1. The highest BCUT2D eigenvalue weighted by atomic mass is 16.5. The Hall–Kier alpha value is -2.06. The van der Waals surface area contributed by atoms with E-state index in [1.165, 1.54) is 0 Å². The molecule has 0 bridgehead atoms. The molecule has 1 aliphatic heterocycles. The average molecular weight is 274 g/mol. The summed E-state index contributed by atoms with van der Waals surface area (Å²) in [7, 11) is 0. The summed E-state index contributed by atoms with van der Waals surface area (Å²) < 4.78 is 10.6. The highest BCUT2D eigenvalue weighted by Gasteiger charge is 2.14. The highest BCUT2D eigenvalue weighted by Crippen LogP contribution is 2.13. The van der Waals surface area contributed by atoms with Gasteiger partial charge >= 0.3 is 0 Å². The van der Waals surface area contributed by atoms with E-state index in [0.29, 0.717) is 23.8 Å². The van der Waals surface area contributed by atoms with Crippen molar-refractivity contribution >= 4 is 5.91 Å². The lowest BCUT2D eigenvalue weighted by Crippen LogP contribution is -2.35. The fourth-order valence-electron chi connectivity index (χ4n) is 2.03. The molecule has 1 heterocycles. The zero-order valence-corrected chi connectivity index (χ0v) is 11.3. The Labute approximate surface area is 118 Å². The minimum atomic E-state index is -0.124. The van der Waals surface area contributed by atoms with Crippen LogP contribution in [0.4, 0.5) is 0 Å². The van der Waals surface area contributed by atoms with Crippen molar-refractivity contribution in [2.75, 3.05) is 26.4 Å². The monoisotopic (exact) mass is 274 g/mol. The van der Waals surface area contributed by atoms with Crippen LogP contribution >= 0.6 is 0 Å². The van der Waals surface area contributed by atoms with Crippen LogP contribution in [0.5, 0.6) is 5.75 Å². The summed E-state index contributed by atoms with van der Waals surface area (Å²) in [4.78, 5) is 11.7. The van der Waals surface area contributed by atoms with E-state index in [1.807, 2.05) is 6.07 Å². The Morgan fingerprint density at radius 3 is 2.70 bits per heavy atom. The molecule has 1 saturated heterocycles. The predicted octanol–water partition coefficient (Wildman–Crippen LogP) is 1.48. The molecule has 1 aromatic rings. The van der Waals surface area contributed by atoms with Crippen molar-refractivity contribution in [3.8, 4) is 11.8 Å². The molecule has 2 rings (SSSR count). The smallest absolute Gasteiger partial charge is 0.257 e. The molecule has 0 aromatic heterocycles. The molecule has 1 amide bonds. The van der Waals surface area contributed by atoms with E-state index in [9.17, 15) is 4.79 Å². The zero-order valence-electron chi connectivity index (χ0n) is 11.3. The molecule has 0 atom stereocenters. The van der Waals surface area contributed by atoms with Gasteiger partial charge in [-0.2, -0.15) is 5.26 Å². The minimum Gasteiger partial charge on any atom is -0.484 e. The molecule has 0 aliphatic carbocycles. The third kappa shape index (κ3) is 4.56. The van der Waals surface area contributed by atoms with Crippen molar-refractivity contribution in [1.29, 1.82) is 5.26 Å². The quantitative estimate of drug-likeness (QED) is 0.882. The van der Waals surface area contributed by atoms with Gasteiger partial charge in [-0.25, -0.2) is 0 Å². The Bertz CT molecular complexity index is 473. The fourth-order valence-corrected chi connectivity index (χ4v) is 2.03. The molecule has 1 aromatic carbocycles. The summed E-state index contributed by atoms with van der Waals surface area (Å²) >= 11 is 0. The molecule has 1 fully saturated rings. The van der Waals surface area contributed by atoms with E-state index in [1.54, 1.807) is 24.3 Å². The fraction of sp³-hybridized carbons (Fsp3) is 0.467. The van der Waals surface area contributed by atoms with E-state index < -0.39 is 0 Å². The molecule has 0 spiro atoms. The van der Waals surface area contributed by atoms with Crippen LogP contribution in [0, 0.1) is 17.2 Å². The maximum atomic E-state index is 11.7. The second-order valence-electron chi connectivity index (χ2n) is 4.78. The van der Waals surface area contributed by atoms with Gasteiger partial charge in [-0.3, -0.25) is 4.79 Å². The van der Waals surface area contributed by atoms with Gasteiger partial charge < -0.3 is 14.8 Å². The van der Waals surface area contributed by atoms with Crippen LogP contribution in [0.25, 0.3) is 0 Å². The third-order valence-corrected chi connectivity index (χ3v) is 3.28. The first-order chi connectivity index (χ1) is 9.78. The molecule has 0 radical (unpaired) electrons. The predicted molar refractivity (Wildman–Crippen MR) is 73.2 cm³/mol. The van der Waals surface area contributed by atoms with Crippen LogP contribution in [0.15, 0.2) is 24.3 Å². The van der Waals surface area contributed by atoms with Gasteiger partial charge in [0.15, 0.2) is 6.61 Å². The van der Waals surface area contributed by atoms with Gasteiger partial charge in [0.2, 0.25) is 0 Å². The van der Waals surface area contributed by atoms with E-state index in [2.05, 4.69) is 5.32 Å². The molecule has 0 saturated carbocycles. The van der Waals surface area contributed by atoms with Crippen molar-refractivity contribution in [2.45, 2.75) is 12.8 Å². The van der Waals surface area contributed by atoms with Crippen LogP contribution in [0.1, 0.15) is 18.4 Å². The number of rotatable bonds is 5. The number of benzene rings is 1. The highest BCUT2D eigenvalue weighted by molar-refractivity contribution is 5.77. The number of ether oxygens (including phenoxy) is 2. The minimum absolute atomic E-state index is 0.00484. The van der Waals surface area contributed by atoms with Crippen LogP contribution in [-0.2, 0) is 9.53 Å². The van der Waals surface area contributed by atoms with E-state index in [0.717, 1.165) is 26.1 Å². The van der Waals surface area contributed by atoms with Gasteiger partial charge in [-0.05, 0) is 43.0 Å². The van der Waals surface area contributed by atoms with E-state index in [-0.39, 0.29) is 12.5 Å². The summed E-state index contributed by atoms with van der Waals surface area (Å²) in [5.74, 6) is 0.966. The normalized spacial score (nSPS) is 15.3. The van der Waals surface area contributed by atoms with Crippen molar-refractivity contribution in [1.82, 2.24) is 5.32 Å². The van der Waals surface area contributed by atoms with Crippen LogP contribution in [-0.4, -0.2) is 32.3 Å². The molecule has 0 unspecified atom stereocenters.